The van der Waals surface area contributed by atoms with Crippen LogP contribution in [0.25, 0.3) is 0 Å². The molecular weight excluding hydrogens is 603 g/mol. The van der Waals surface area contributed by atoms with Gasteiger partial charge in [0.25, 0.3) is 0 Å². The average molecular weight is 705 g/mol. The van der Waals surface area contributed by atoms with Crippen molar-refractivity contribution in [1.29, 1.82) is 0 Å². The lowest BCUT2D eigenvalue weighted by Crippen LogP contribution is -2.50. The quantitative estimate of drug-likeness (QED) is 0.0437. The third-order valence-electron chi connectivity index (χ3n) is 12.2. The fraction of sp³-hybridized carbons (Fsp3) is 1.00. The lowest BCUT2D eigenvalue weighted by molar-refractivity contribution is -0.929. The summed E-state index contributed by atoms with van der Waals surface area (Å²) in [5.41, 5.74) is 0. The smallest absolute Gasteiger partial charge is 0.0786 e. The molecule has 0 aliphatic rings. The summed E-state index contributed by atoms with van der Waals surface area (Å²) in [6.45, 7) is 15.3. The Bertz CT molecular complexity index is 510. The lowest BCUT2D eigenvalue weighted by Gasteiger charge is -2.39. The molecule has 0 heterocycles. The third-order valence-corrected chi connectivity index (χ3v) is 12.2. The van der Waals surface area contributed by atoms with E-state index in [0.29, 0.717) is 0 Å². The van der Waals surface area contributed by atoms with E-state index in [0.717, 1.165) is 0 Å². The van der Waals surface area contributed by atoms with E-state index in [-0.39, 0.29) is 0 Å². The zero-order valence-corrected chi connectivity index (χ0v) is 36.3. The van der Waals surface area contributed by atoms with Gasteiger partial charge in [-0.2, -0.15) is 0 Å². The van der Waals surface area contributed by atoms with Crippen molar-refractivity contribution in [3.05, 3.63) is 0 Å². The molecule has 302 valence electrons. The normalized spacial score (nSPS) is 12.0. The van der Waals surface area contributed by atoms with Crippen LogP contribution in [-0.4, -0.2) is 30.7 Å². The van der Waals surface area contributed by atoms with Crippen molar-refractivity contribution in [2.45, 2.75) is 291 Å². The van der Waals surface area contributed by atoms with E-state index < -0.39 is 0 Å². The number of hydrogen-bond donors (Lipinski definition) is 0. The molecule has 0 aliphatic carbocycles. The van der Waals surface area contributed by atoms with Crippen LogP contribution in [0.5, 0.6) is 0 Å². The SMILES string of the molecule is CCCCCCCCCCCCCCC[N+](CCCC)(CCCCCCCCCCCCCCC)CCCCCCCCCCCCCCC. The monoisotopic (exact) mass is 705 g/mol. The molecule has 50 heavy (non-hydrogen) atoms. The summed E-state index contributed by atoms with van der Waals surface area (Å²) in [5, 5.41) is 0. The molecule has 0 aromatic rings. The molecule has 0 aliphatic heterocycles. The average Bonchev–Trinajstić information content (AvgIpc) is 3.13. The van der Waals surface area contributed by atoms with E-state index in [4.69, 9.17) is 0 Å². The molecule has 0 saturated carbocycles. The first kappa shape index (κ1) is 50.0. The van der Waals surface area contributed by atoms with Gasteiger partial charge in [0.15, 0.2) is 0 Å². The molecule has 0 radical (unpaired) electrons. The zero-order valence-electron chi connectivity index (χ0n) is 36.3. The highest BCUT2D eigenvalue weighted by molar-refractivity contribution is 4.56. The van der Waals surface area contributed by atoms with Gasteiger partial charge in [0.2, 0.25) is 0 Å². The van der Waals surface area contributed by atoms with Crippen LogP contribution < -0.4 is 0 Å². The van der Waals surface area contributed by atoms with Gasteiger partial charge in [-0.15, -0.1) is 0 Å². The highest BCUT2D eigenvalue weighted by atomic mass is 15.3. The molecule has 0 aromatic heterocycles. The Morgan fingerprint density at radius 3 is 0.480 bits per heavy atom. The van der Waals surface area contributed by atoms with Gasteiger partial charge in [-0.05, 0) is 44.9 Å². The minimum Gasteiger partial charge on any atom is -0.324 e. The predicted molar refractivity (Wildman–Crippen MR) is 232 cm³/mol. The van der Waals surface area contributed by atoms with Crippen LogP contribution in [0.3, 0.4) is 0 Å². The van der Waals surface area contributed by atoms with Crippen LogP contribution in [0.1, 0.15) is 291 Å². The van der Waals surface area contributed by atoms with Crippen molar-refractivity contribution in [3.63, 3.8) is 0 Å². The van der Waals surface area contributed by atoms with Crippen LogP contribution >= 0.6 is 0 Å². The standard InChI is InChI=1S/C49H102N/c1-5-9-13-16-19-22-25-28-31-34-37-40-43-47-50(46-12-8-4,48-44-41-38-35-32-29-26-23-20-17-14-10-6-2)49-45-42-39-36-33-30-27-24-21-18-15-11-7-3/h5-49H2,1-4H3/q+1. The summed E-state index contributed by atoms with van der Waals surface area (Å²) >= 11 is 0. The summed E-state index contributed by atoms with van der Waals surface area (Å²) in [7, 11) is 0. The molecule has 0 saturated heterocycles. The number of unbranched alkanes of at least 4 members (excludes halogenated alkanes) is 37. The molecule has 0 bridgehead atoms. The Hall–Kier alpha value is -0.0400. The molecule has 1 nitrogen and oxygen atoms in total. The minimum atomic E-state index is 1.37. The first-order valence-electron chi connectivity index (χ1n) is 24.6. The highest BCUT2D eigenvalue weighted by Crippen LogP contribution is 2.21. The molecule has 0 spiro atoms. The van der Waals surface area contributed by atoms with E-state index in [2.05, 4.69) is 27.7 Å². The number of quaternary nitrogens is 1. The van der Waals surface area contributed by atoms with Gasteiger partial charge in [-0.3, -0.25) is 0 Å². The summed E-state index contributed by atoms with van der Waals surface area (Å²) in [5.74, 6) is 0. The summed E-state index contributed by atoms with van der Waals surface area (Å²) < 4.78 is 1.47. The van der Waals surface area contributed by atoms with Gasteiger partial charge in [0.1, 0.15) is 0 Å². The Labute approximate surface area is 320 Å². The first-order chi connectivity index (χ1) is 24.7. The van der Waals surface area contributed by atoms with Crippen LogP contribution in [0, 0.1) is 0 Å². The second-order valence-electron chi connectivity index (χ2n) is 17.3. The van der Waals surface area contributed by atoms with Crippen molar-refractivity contribution in [1.82, 2.24) is 0 Å². The van der Waals surface area contributed by atoms with Crippen LogP contribution in [0.2, 0.25) is 0 Å². The van der Waals surface area contributed by atoms with Crippen molar-refractivity contribution in [2.24, 2.45) is 0 Å². The zero-order chi connectivity index (χ0) is 36.3. The Kier molecular flexibility index (Phi) is 43.3. The molecule has 0 N–H and O–H groups in total. The Morgan fingerprint density at radius 2 is 0.300 bits per heavy atom. The minimum absolute atomic E-state index is 1.37. The fourth-order valence-electron chi connectivity index (χ4n) is 8.56. The molecule has 1 heteroatoms. The van der Waals surface area contributed by atoms with E-state index in [1.165, 1.54) is 294 Å². The summed E-state index contributed by atoms with van der Waals surface area (Å²) in [6.07, 6.45) is 60.2. The second-order valence-corrected chi connectivity index (χ2v) is 17.3. The number of rotatable bonds is 45. The van der Waals surface area contributed by atoms with Gasteiger partial charge < -0.3 is 4.48 Å². The summed E-state index contributed by atoms with van der Waals surface area (Å²) in [6, 6.07) is 0. The van der Waals surface area contributed by atoms with Gasteiger partial charge in [-0.1, -0.05) is 246 Å². The first-order valence-corrected chi connectivity index (χ1v) is 24.6. The molecular formula is C49H102N+. The third kappa shape index (κ3) is 37.7. The maximum atomic E-state index is 2.43. The van der Waals surface area contributed by atoms with Crippen LogP contribution in [0.15, 0.2) is 0 Å². The van der Waals surface area contributed by atoms with Gasteiger partial charge >= 0.3 is 0 Å². The topological polar surface area (TPSA) is 0 Å². The van der Waals surface area contributed by atoms with Crippen molar-refractivity contribution >= 4 is 0 Å². The molecule has 0 aromatic carbocycles. The van der Waals surface area contributed by atoms with E-state index in [1.54, 1.807) is 0 Å². The molecule has 0 amide bonds. The Balaban J connectivity index is 4.43. The largest absolute Gasteiger partial charge is 0.324 e. The van der Waals surface area contributed by atoms with Gasteiger partial charge in [-0.25, -0.2) is 0 Å². The fourth-order valence-corrected chi connectivity index (χ4v) is 8.56. The van der Waals surface area contributed by atoms with Gasteiger partial charge in [0.05, 0.1) is 26.2 Å². The van der Waals surface area contributed by atoms with Gasteiger partial charge in [0, 0.05) is 0 Å². The molecule has 0 fully saturated rings. The van der Waals surface area contributed by atoms with Crippen molar-refractivity contribution in [2.75, 3.05) is 26.2 Å². The Morgan fingerprint density at radius 1 is 0.160 bits per heavy atom. The van der Waals surface area contributed by atoms with Crippen LogP contribution in [-0.2, 0) is 0 Å². The maximum Gasteiger partial charge on any atom is 0.0786 e. The maximum absolute atomic E-state index is 2.43. The predicted octanol–water partition coefficient (Wildman–Crippen LogP) is 17.9. The van der Waals surface area contributed by atoms with Crippen molar-refractivity contribution < 1.29 is 4.48 Å². The van der Waals surface area contributed by atoms with Crippen molar-refractivity contribution in [3.8, 4) is 0 Å². The molecule has 0 unspecified atom stereocenters. The van der Waals surface area contributed by atoms with E-state index >= 15 is 0 Å². The lowest BCUT2D eigenvalue weighted by atomic mass is 10.0. The molecule has 0 atom stereocenters. The summed E-state index contributed by atoms with van der Waals surface area (Å²) in [4.78, 5) is 0. The highest BCUT2D eigenvalue weighted by Gasteiger charge is 2.25. The number of hydrogen-bond acceptors (Lipinski definition) is 0. The second kappa shape index (κ2) is 43.4. The molecule has 0 rings (SSSR count). The van der Waals surface area contributed by atoms with E-state index in [9.17, 15) is 0 Å². The van der Waals surface area contributed by atoms with E-state index in [1.807, 2.05) is 0 Å². The van der Waals surface area contributed by atoms with Crippen LogP contribution in [0.4, 0.5) is 0 Å². The number of nitrogens with zero attached hydrogens (tertiary/aromatic N) is 1.